The Morgan fingerprint density at radius 1 is 1.22 bits per heavy atom. The van der Waals surface area contributed by atoms with Gasteiger partial charge in [-0.05, 0) is 35.9 Å². The van der Waals surface area contributed by atoms with E-state index in [1.807, 2.05) is 0 Å². The van der Waals surface area contributed by atoms with Crippen LogP contribution in [0.2, 0.25) is 5.02 Å². The number of rotatable bonds is 5. The standard InChI is InChI=1S/C19H18ClN3O4/c20-15-6-3-13(4-7-15)5-8-17(24)21-22-19(26)14-10-18(25)23(11-14)12-16-2-1-9-27-16/h1-9,14H,10-12H2,(H,21,24)(H,22,26)/b8-5+. The van der Waals surface area contributed by atoms with Gasteiger partial charge >= 0.3 is 0 Å². The second kappa shape index (κ2) is 8.55. The third kappa shape index (κ3) is 5.21. The third-order valence-electron chi connectivity index (χ3n) is 4.12. The molecule has 1 aromatic carbocycles. The minimum Gasteiger partial charge on any atom is -0.467 e. The van der Waals surface area contributed by atoms with Gasteiger partial charge in [0.1, 0.15) is 5.76 Å². The maximum Gasteiger partial charge on any atom is 0.262 e. The molecule has 140 valence electrons. The van der Waals surface area contributed by atoms with E-state index in [0.29, 0.717) is 17.3 Å². The molecule has 0 spiro atoms. The molecule has 0 saturated carbocycles. The molecule has 27 heavy (non-hydrogen) atoms. The molecule has 2 heterocycles. The summed E-state index contributed by atoms with van der Waals surface area (Å²) < 4.78 is 5.22. The monoisotopic (exact) mass is 387 g/mol. The molecule has 0 aliphatic carbocycles. The maximum atomic E-state index is 12.2. The number of nitrogens with zero attached hydrogens (tertiary/aromatic N) is 1. The number of amides is 3. The summed E-state index contributed by atoms with van der Waals surface area (Å²) in [6.07, 6.45) is 4.53. The molecular formula is C19H18ClN3O4. The van der Waals surface area contributed by atoms with Crippen LogP contribution in [0.25, 0.3) is 6.08 Å². The van der Waals surface area contributed by atoms with Gasteiger partial charge in [-0.25, -0.2) is 0 Å². The summed E-state index contributed by atoms with van der Waals surface area (Å²) >= 11 is 5.80. The van der Waals surface area contributed by atoms with E-state index in [1.54, 1.807) is 47.4 Å². The van der Waals surface area contributed by atoms with Gasteiger partial charge in [-0.1, -0.05) is 23.7 Å². The Balaban J connectivity index is 1.45. The van der Waals surface area contributed by atoms with Crippen LogP contribution in [0, 0.1) is 5.92 Å². The van der Waals surface area contributed by atoms with Crippen molar-refractivity contribution in [1.82, 2.24) is 15.8 Å². The molecule has 0 radical (unpaired) electrons. The van der Waals surface area contributed by atoms with Crippen LogP contribution >= 0.6 is 11.6 Å². The summed E-state index contributed by atoms with van der Waals surface area (Å²) in [6.45, 7) is 0.605. The van der Waals surface area contributed by atoms with Gasteiger partial charge in [-0.2, -0.15) is 0 Å². The van der Waals surface area contributed by atoms with E-state index in [9.17, 15) is 14.4 Å². The Bertz CT molecular complexity index is 846. The van der Waals surface area contributed by atoms with Gasteiger partial charge in [-0.3, -0.25) is 25.2 Å². The summed E-state index contributed by atoms with van der Waals surface area (Å²) in [4.78, 5) is 37.6. The highest BCUT2D eigenvalue weighted by molar-refractivity contribution is 6.30. The van der Waals surface area contributed by atoms with E-state index in [2.05, 4.69) is 10.9 Å². The van der Waals surface area contributed by atoms with Crippen LogP contribution in [0.1, 0.15) is 17.7 Å². The summed E-state index contributed by atoms with van der Waals surface area (Å²) in [5.74, 6) is -0.868. The molecule has 1 aliphatic rings. The largest absolute Gasteiger partial charge is 0.467 e. The van der Waals surface area contributed by atoms with E-state index in [4.69, 9.17) is 16.0 Å². The number of halogens is 1. The van der Waals surface area contributed by atoms with Crippen molar-refractivity contribution >= 4 is 35.4 Å². The zero-order chi connectivity index (χ0) is 19.2. The molecule has 2 N–H and O–H groups in total. The Labute approximate surface area is 160 Å². The van der Waals surface area contributed by atoms with E-state index >= 15 is 0 Å². The van der Waals surface area contributed by atoms with Crippen molar-refractivity contribution in [2.75, 3.05) is 6.54 Å². The number of carbonyl (C=O) groups is 3. The van der Waals surface area contributed by atoms with Crippen LogP contribution in [0.4, 0.5) is 0 Å². The zero-order valence-corrected chi connectivity index (χ0v) is 15.1. The predicted octanol–water partition coefficient (Wildman–Crippen LogP) is 2.14. The van der Waals surface area contributed by atoms with Crippen LogP contribution in [0.3, 0.4) is 0 Å². The highest BCUT2D eigenvalue weighted by atomic mass is 35.5. The molecule has 2 aromatic rings. The lowest BCUT2D eigenvalue weighted by atomic mass is 10.1. The van der Waals surface area contributed by atoms with Crippen LogP contribution in [0.15, 0.2) is 53.2 Å². The van der Waals surface area contributed by atoms with Gasteiger partial charge in [-0.15, -0.1) is 0 Å². The SMILES string of the molecule is O=C(/C=C/c1ccc(Cl)cc1)NNC(=O)C1CC(=O)N(Cc2ccco2)C1. The summed E-state index contributed by atoms with van der Waals surface area (Å²) in [5, 5.41) is 0.607. The molecule has 1 saturated heterocycles. The number of furan rings is 1. The van der Waals surface area contributed by atoms with Crippen molar-refractivity contribution in [2.45, 2.75) is 13.0 Å². The number of likely N-dealkylation sites (tertiary alicyclic amines) is 1. The second-order valence-electron chi connectivity index (χ2n) is 6.12. The number of hydrogen-bond acceptors (Lipinski definition) is 4. The molecule has 1 aromatic heterocycles. The van der Waals surface area contributed by atoms with E-state index in [0.717, 1.165) is 5.56 Å². The first-order chi connectivity index (χ1) is 13.0. The Morgan fingerprint density at radius 3 is 2.70 bits per heavy atom. The van der Waals surface area contributed by atoms with Crippen LogP contribution in [-0.4, -0.2) is 29.2 Å². The lowest BCUT2D eigenvalue weighted by molar-refractivity contribution is -0.130. The third-order valence-corrected chi connectivity index (χ3v) is 4.37. The topological polar surface area (TPSA) is 91.7 Å². The van der Waals surface area contributed by atoms with Crippen molar-refractivity contribution in [3.63, 3.8) is 0 Å². The fourth-order valence-corrected chi connectivity index (χ4v) is 2.83. The lowest BCUT2D eigenvalue weighted by Gasteiger charge is -2.15. The molecule has 3 rings (SSSR count). The van der Waals surface area contributed by atoms with Crippen LogP contribution < -0.4 is 10.9 Å². The molecule has 0 bridgehead atoms. The minimum absolute atomic E-state index is 0.100. The van der Waals surface area contributed by atoms with Crippen molar-refractivity contribution in [3.8, 4) is 0 Å². The Morgan fingerprint density at radius 2 is 2.00 bits per heavy atom. The minimum atomic E-state index is -0.520. The van der Waals surface area contributed by atoms with Gasteiger partial charge in [0.05, 0.1) is 18.7 Å². The number of hydrazine groups is 1. The Kier molecular flexibility index (Phi) is 5.93. The predicted molar refractivity (Wildman–Crippen MR) is 99.0 cm³/mol. The van der Waals surface area contributed by atoms with Crippen LogP contribution in [0.5, 0.6) is 0 Å². The van der Waals surface area contributed by atoms with E-state index in [1.165, 1.54) is 12.3 Å². The smallest absolute Gasteiger partial charge is 0.262 e. The average molecular weight is 388 g/mol. The summed E-state index contributed by atoms with van der Waals surface area (Å²) in [6, 6.07) is 10.5. The van der Waals surface area contributed by atoms with Crippen molar-refractivity contribution in [3.05, 3.63) is 65.1 Å². The zero-order valence-electron chi connectivity index (χ0n) is 14.4. The fraction of sp³-hybridized carbons (Fsp3) is 0.211. The van der Waals surface area contributed by atoms with Gasteiger partial charge < -0.3 is 9.32 Å². The summed E-state index contributed by atoms with van der Waals surface area (Å²) in [5.41, 5.74) is 5.47. The number of hydrogen-bond donors (Lipinski definition) is 2. The molecule has 1 atom stereocenters. The molecule has 3 amide bonds. The summed E-state index contributed by atoms with van der Waals surface area (Å²) in [7, 11) is 0. The fourth-order valence-electron chi connectivity index (χ4n) is 2.70. The molecule has 1 fully saturated rings. The highest BCUT2D eigenvalue weighted by Crippen LogP contribution is 2.20. The Hall–Kier alpha value is -3.06. The second-order valence-corrected chi connectivity index (χ2v) is 6.55. The van der Waals surface area contributed by atoms with E-state index in [-0.39, 0.29) is 18.9 Å². The molecule has 1 aliphatic heterocycles. The van der Waals surface area contributed by atoms with Crippen molar-refractivity contribution in [2.24, 2.45) is 5.92 Å². The van der Waals surface area contributed by atoms with Gasteiger partial charge in [0.25, 0.3) is 5.91 Å². The quantitative estimate of drug-likeness (QED) is 0.607. The number of benzene rings is 1. The average Bonchev–Trinajstić information content (AvgIpc) is 3.30. The van der Waals surface area contributed by atoms with Gasteiger partial charge in [0.2, 0.25) is 11.8 Å². The number of carbonyl (C=O) groups excluding carboxylic acids is 3. The lowest BCUT2D eigenvalue weighted by Crippen LogP contribution is -2.44. The van der Waals surface area contributed by atoms with Gasteiger partial charge in [0.15, 0.2) is 0 Å². The maximum absolute atomic E-state index is 12.2. The van der Waals surface area contributed by atoms with Crippen molar-refractivity contribution in [1.29, 1.82) is 0 Å². The first kappa shape index (κ1) is 18.7. The molecule has 8 heteroatoms. The van der Waals surface area contributed by atoms with Crippen molar-refractivity contribution < 1.29 is 18.8 Å². The first-order valence-electron chi connectivity index (χ1n) is 8.35. The molecule has 7 nitrogen and oxygen atoms in total. The first-order valence-corrected chi connectivity index (χ1v) is 8.72. The molecule has 1 unspecified atom stereocenters. The van der Waals surface area contributed by atoms with E-state index < -0.39 is 17.7 Å². The number of nitrogens with one attached hydrogen (secondary N) is 2. The van der Waals surface area contributed by atoms with Gasteiger partial charge in [0, 0.05) is 24.1 Å². The highest BCUT2D eigenvalue weighted by Gasteiger charge is 2.34. The van der Waals surface area contributed by atoms with Crippen LogP contribution in [-0.2, 0) is 20.9 Å². The normalized spacial score (nSPS) is 16.7. The molecular weight excluding hydrogens is 370 g/mol.